The second-order valence-electron chi connectivity index (χ2n) is 5.23. The molecule has 0 atom stereocenters. The Hall–Kier alpha value is -1.86. The Balaban J connectivity index is 1.97. The molecule has 2 rings (SSSR count). The molecule has 0 fully saturated rings. The van der Waals surface area contributed by atoms with Crippen molar-refractivity contribution in [3.05, 3.63) is 65.7 Å². The van der Waals surface area contributed by atoms with Crippen molar-refractivity contribution in [3.8, 4) is 11.1 Å². The van der Waals surface area contributed by atoms with Crippen LogP contribution in [0.5, 0.6) is 0 Å². The Morgan fingerprint density at radius 3 is 2.10 bits per heavy atom. The van der Waals surface area contributed by atoms with Gasteiger partial charge >= 0.3 is 0 Å². The van der Waals surface area contributed by atoms with Gasteiger partial charge in [0, 0.05) is 6.61 Å². The third-order valence-electron chi connectivity index (χ3n) is 3.47. The zero-order valence-electron chi connectivity index (χ0n) is 13.0. The van der Waals surface area contributed by atoms with E-state index in [2.05, 4.69) is 67.6 Å². The van der Waals surface area contributed by atoms with Gasteiger partial charge in [0.05, 0.1) is 6.61 Å². The first-order valence-corrected chi connectivity index (χ1v) is 7.73. The highest BCUT2D eigenvalue weighted by Gasteiger charge is 1.99. The molecule has 0 N–H and O–H groups in total. The highest BCUT2D eigenvalue weighted by Crippen LogP contribution is 2.21. The minimum absolute atomic E-state index is 0.709. The molecule has 2 aromatic rings. The molecule has 0 amide bonds. The number of hydrogen-bond acceptors (Lipinski definition) is 1. The van der Waals surface area contributed by atoms with Crippen LogP contribution in [0.2, 0.25) is 0 Å². The predicted molar refractivity (Wildman–Crippen MR) is 91.2 cm³/mol. The van der Waals surface area contributed by atoms with Gasteiger partial charge < -0.3 is 4.74 Å². The largest absolute Gasteiger partial charge is 0.377 e. The summed E-state index contributed by atoms with van der Waals surface area (Å²) < 4.78 is 5.64. The quantitative estimate of drug-likeness (QED) is 0.591. The molecule has 0 spiro atoms. The van der Waals surface area contributed by atoms with Crippen LogP contribution in [-0.4, -0.2) is 6.61 Å². The molecule has 0 bridgehead atoms. The van der Waals surface area contributed by atoms with Crippen LogP contribution in [0.25, 0.3) is 17.2 Å². The summed E-state index contributed by atoms with van der Waals surface area (Å²) in [5.74, 6) is 0. The van der Waals surface area contributed by atoms with E-state index in [0.29, 0.717) is 6.61 Å². The molecule has 0 aromatic heterocycles. The van der Waals surface area contributed by atoms with E-state index < -0.39 is 0 Å². The van der Waals surface area contributed by atoms with Gasteiger partial charge in [-0.05, 0) is 35.6 Å². The fraction of sp³-hybridized carbons (Fsp3) is 0.300. The van der Waals surface area contributed by atoms with Crippen molar-refractivity contribution >= 4 is 6.08 Å². The Morgan fingerprint density at radius 1 is 0.905 bits per heavy atom. The summed E-state index contributed by atoms with van der Waals surface area (Å²) in [4.78, 5) is 0. The van der Waals surface area contributed by atoms with Crippen molar-refractivity contribution in [2.45, 2.75) is 33.3 Å². The van der Waals surface area contributed by atoms with Gasteiger partial charge in [0.1, 0.15) is 0 Å². The Bertz CT molecular complexity index is 549. The molecule has 0 radical (unpaired) electrons. The van der Waals surface area contributed by atoms with Crippen molar-refractivity contribution in [3.63, 3.8) is 0 Å². The second kappa shape index (κ2) is 8.43. The number of allylic oxidation sites excluding steroid dienone is 1. The number of ether oxygens (including phenoxy) is 1. The number of unbranched alkanes of at least 4 members (excludes halogenated alkanes) is 1. The zero-order valence-corrected chi connectivity index (χ0v) is 13.0. The van der Waals surface area contributed by atoms with Crippen molar-refractivity contribution in [1.29, 1.82) is 0 Å². The molecule has 0 saturated carbocycles. The highest BCUT2D eigenvalue weighted by molar-refractivity contribution is 5.65. The predicted octanol–water partition coefficient (Wildman–Crippen LogP) is 5.70. The summed E-state index contributed by atoms with van der Waals surface area (Å²) in [7, 11) is 0. The van der Waals surface area contributed by atoms with Crippen LogP contribution in [0.3, 0.4) is 0 Å². The zero-order chi connectivity index (χ0) is 14.9. The lowest BCUT2D eigenvalue weighted by Crippen LogP contribution is -1.94. The van der Waals surface area contributed by atoms with Gasteiger partial charge in [0.2, 0.25) is 0 Å². The smallest absolute Gasteiger partial charge is 0.0716 e. The van der Waals surface area contributed by atoms with Crippen LogP contribution >= 0.6 is 0 Å². The molecule has 0 aliphatic carbocycles. The summed E-state index contributed by atoms with van der Waals surface area (Å²) >= 11 is 0. The first-order chi connectivity index (χ1) is 10.3. The Labute approximate surface area is 128 Å². The molecule has 0 saturated heterocycles. The van der Waals surface area contributed by atoms with E-state index in [0.717, 1.165) is 13.0 Å². The molecule has 0 aliphatic rings. The topological polar surface area (TPSA) is 9.23 Å². The molecular formula is C20H24O. The van der Waals surface area contributed by atoms with Crippen molar-refractivity contribution in [1.82, 2.24) is 0 Å². The van der Waals surface area contributed by atoms with Crippen LogP contribution in [-0.2, 0) is 11.3 Å². The third-order valence-corrected chi connectivity index (χ3v) is 3.47. The Morgan fingerprint density at radius 2 is 1.52 bits per heavy atom. The summed E-state index contributed by atoms with van der Waals surface area (Å²) in [5.41, 5.74) is 4.98. The average molecular weight is 280 g/mol. The van der Waals surface area contributed by atoms with Gasteiger partial charge in [-0.15, -0.1) is 0 Å². The lowest BCUT2D eigenvalue weighted by atomic mass is 10.0. The van der Waals surface area contributed by atoms with Crippen LogP contribution in [0.1, 0.15) is 37.8 Å². The molecule has 0 unspecified atom stereocenters. The third kappa shape index (κ3) is 4.87. The van der Waals surface area contributed by atoms with Gasteiger partial charge in [-0.2, -0.15) is 0 Å². The normalized spacial score (nSPS) is 11.1. The molecule has 110 valence electrons. The standard InChI is InChI=1S/C20H24O/c1-3-5-15-21-16-18-9-13-20(14-10-18)19-11-7-17(6-4-2)8-12-19/h4,6-14H,3,5,15-16H2,1-2H3. The van der Waals surface area contributed by atoms with Crippen molar-refractivity contribution in [2.24, 2.45) is 0 Å². The van der Waals surface area contributed by atoms with E-state index in [1.54, 1.807) is 0 Å². The maximum absolute atomic E-state index is 5.64. The highest BCUT2D eigenvalue weighted by atomic mass is 16.5. The molecule has 21 heavy (non-hydrogen) atoms. The number of rotatable bonds is 7. The van der Waals surface area contributed by atoms with Crippen LogP contribution in [0, 0.1) is 0 Å². The van der Waals surface area contributed by atoms with E-state index in [1.807, 2.05) is 6.92 Å². The van der Waals surface area contributed by atoms with E-state index in [1.165, 1.54) is 28.7 Å². The van der Waals surface area contributed by atoms with E-state index in [-0.39, 0.29) is 0 Å². The van der Waals surface area contributed by atoms with Gasteiger partial charge in [-0.25, -0.2) is 0 Å². The van der Waals surface area contributed by atoms with Crippen molar-refractivity contribution < 1.29 is 4.74 Å². The van der Waals surface area contributed by atoms with Crippen LogP contribution in [0.4, 0.5) is 0 Å². The first-order valence-electron chi connectivity index (χ1n) is 7.73. The van der Waals surface area contributed by atoms with E-state index >= 15 is 0 Å². The minimum Gasteiger partial charge on any atom is -0.377 e. The van der Waals surface area contributed by atoms with Crippen LogP contribution in [0.15, 0.2) is 54.6 Å². The fourth-order valence-corrected chi connectivity index (χ4v) is 2.21. The van der Waals surface area contributed by atoms with E-state index in [9.17, 15) is 0 Å². The van der Waals surface area contributed by atoms with Crippen molar-refractivity contribution in [2.75, 3.05) is 6.61 Å². The molecule has 0 aliphatic heterocycles. The van der Waals surface area contributed by atoms with E-state index in [4.69, 9.17) is 4.74 Å². The summed E-state index contributed by atoms with van der Waals surface area (Å²) in [6.45, 7) is 5.78. The molecular weight excluding hydrogens is 256 g/mol. The maximum Gasteiger partial charge on any atom is 0.0716 e. The SMILES string of the molecule is CC=Cc1ccc(-c2ccc(COCCCC)cc2)cc1. The van der Waals surface area contributed by atoms with Crippen LogP contribution < -0.4 is 0 Å². The minimum atomic E-state index is 0.709. The summed E-state index contributed by atoms with van der Waals surface area (Å²) in [6, 6.07) is 17.3. The molecule has 1 nitrogen and oxygen atoms in total. The fourth-order valence-electron chi connectivity index (χ4n) is 2.21. The van der Waals surface area contributed by atoms with Gasteiger partial charge in [-0.1, -0.05) is 74.0 Å². The maximum atomic E-state index is 5.64. The Kier molecular flexibility index (Phi) is 6.23. The first kappa shape index (κ1) is 15.5. The second-order valence-corrected chi connectivity index (χ2v) is 5.23. The van der Waals surface area contributed by atoms with Gasteiger partial charge in [0.15, 0.2) is 0 Å². The van der Waals surface area contributed by atoms with Gasteiger partial charge in [-0.3, -0.25) is 0 Å². The molecule has 1 heteroatoms. The summed E-state index contributed by atoms with van der Waals surface area (Å²) in [5, 5.41) is 0. The average Bonchev–Trinajstić information content (AvgIpc) is 2.53. The monoisotopic (exact) mass is 280 g/mol. The lowest BCUT2D eigenvalue weighted by Gasteiger charge is -2.06. The van der Waals surface area contributed by atoms with Gasteiger partial charge in [0.25, 0.3) is 0 Å². The molecule has 0 heterocycles. The lowest BCUT2D eigenvalue weighted by molar-refractivity contribution is 0.118. The molecule has 2 aromatic carbocycles. The summed E-state index contributed by atoms with van der Waals surface area (Å²) in [6.07, 6.45) is 6.49. The number of benzene rings is 2. The number of hydrogen-bond donors (Lipinski definition) is 0.